The number of amides is 2. The third kappa shape index (κ3) is 7.70. The molecule has 1 fully saturated rings. The highest BCUT2D eigenvalue weighted by molar-refractivity contribution is 8.13. The van der Waals surface area contributed by atoms with E-state index in [1.165, 1.54) is 23.5 Å². The number of nitrogens with one attached hydrogen (secondary N) is 2. The van der Waals surface area contributed by atoms with Crippen molar-refractivity contribution in [3.8, 4) is 0 Å². The summed E-state index contributed by atoms with van der Waals surface area (Å²) in [6, 6.07) is -1.33. The maximum Gasteiger partial charge on any atom is 0.243 e. The van der Waals surface area contributed by atoms with Gasteiger partial charge in [-0.3, -0.25) is 19.2 Å². The topological polar surface area (TPSA) is 92.3 Å². The van der Waals surface area contributed by atoms with Crippen molar-refractivity contribution >= 4 is 45.6 Å². The van der Waals surface area contributed by atoms with Crippen LogP contribution in [-0.4, -0.2) is 45.6 Å². The highest BCUT2D eigenvalue weighted by Crippen LogP contribution is 2.15. The largest absolute Gasteiger partial charge is 0.343 e. The Hall–Kier alpha value is -1.02. The minimum Gasteiger partial charge on any atom is -0.343 e. The minimum atomic E-state index is -0.668. The second-order valence-electron chi connectivity index (χ2n) is 6.08. The Kier molecular flexibility index (Phi) is 9.43. The molecule has 0 radical (unpaired) electrons. The fourth-order valence-electron chi connectivity index (χ4n) is 2.17. The van der Waals surface area contributed by atoms with E-state index in [0.29, 0.717) is 24.5 Å². The van der Waals surface area contributed by atoms with Gasteiger partial charge in [-0.2, -0.15) is 0 Å². The molecule has 24 heavy (non-hydrogen) atoms. The number of hydrogen-bond acceptors (Lipinski definition) is 6. The number of carbonyl (C=O) groups excluding carboxylic acids is 4. The normalized spacial score (nSPS) is 20.7. The summed E-state index contributed by atoms with van der Waals surface area (Å²) in [4.78, 5) is 47.4. The molecular formula is C16H26N2O4S2. The van der Waals surface area contributed by atoms with Crippen LogP contribution < -0.4 is 10.6 Å². The van der Waals surface area contributed by atoms with E-state index in [4.69, 9.17) is 0 Å². The van der Waals surface area contributed by atoms with Gasteiger partial charge in [0.05, 0.1) is 0 Å². The second kappa shape index (κ2) is 10.8. The van der Waals surface area contributed by atoms with E-state index in [9.17, 15) is 19.2 Å². The number of rotatable bonds is 9. The van der Waals surface area contributed by atoms with Crippen LogP contribution in [0.4, 0.5) is 0 Å². The molecule has 1 saturated heterocycles. The molecule has 8 heteroatoms. The number of carbonyl (C=O) groups is 4. The molecular weight excluding hydrogens is 348 g/mol. The van der Waals surface area contributed by atoms with E-state index >= 15 is 0 Å². The molecule has 0 bridgehead atoms. The summed E-state index contributed by atoms with van der Waals surface area (Å²) in [5, 5.41) is 5.38. The zero-order chi connectivity index (χ0) is 18.1. The standard InChI is InChI=1S/C16H26N2O4S2/c1-4-23-13(19)7-5-11-15(21)18-12(16(22)17-11)6-8-14(20)24-9-10(2)3/h10-12H,4-9H2,1-3H3,(H,17,22)(H,18,21). The average Bonchev–Trinajstić information content (AvgIpc) is 2.52. The molecule has 1 heterocycles. The van der Waals surface area contributed by atoms with Gasteiger partial charge in [0.1, 0.15) is 12.1 Å². The quantitative estimate of drug-likeness (QED) is 0.638. The van der Waals surface area contributed by atoms with E-state index < -0.39 is 12.1 Å². The van der Waals surface area contributed by atoms with Gasteiger partial charge in [0.25, 0.3) is 0 Å². The van der Waals surface area contributed by atoms with Crippen LogP contribution >= 0.6 is 23.5 Å². The Labute approximate surface area is 151 Å². The lowest BCUT2D eigenvalue weighted by atomic mass is 10.0. The van der Waals surface area contributed by atoms with E-state index in [-0.39, 0.29) is 34.9 Å². The SMILES string of the molecule is CCSC(=O)CCC1NC(=O)C(CCC(=O)SCC(C)C)NC1=O. The van der Waals surface area contributed by atoms with Gasteiger partial charge < -0.3 is 10.6 Å². The molecule has 0 aliphatic carbocycles. The summed E-state index contributed by atoms with van der Waals surface area (Å²) < 4.78 is 0. The Balaban J connectivity index is 2.37. The van der Waals surface area contributed by atoms with E-state index in [0.717, 1.165) is 5.75 Å². The first-order chi connectivity index (χ1) is 11.3. The van der Waals surface area contributed by atoms with Gasteiger partial charge in [0, 0.05) is 18.6 Å². The second-order valence-corrected chi connectivity index (χ2v) is 8.48. The molecule has 1 aliphatic heterocycles. The molecule has 0 aromatic heterocycles. The third-order valence-corrected chi connectivity index (χ3v) is 5.60. The first-order valence-corrected chi connectivity index (χ1v) is 10.2. The summed E-state index contributed by atoms with van der Waals surface area (Å²) in [7, 11) is 0. The van der Waals surface area contributed by atoms with E-state index in [1.54, 1.807) is 0 Å². The van der Waals surface area contributed by atoms with Crippen molar-refractivity contribution < 1.29 is 19.2 Å². The third-order valence-electron chi connectivity index (χ3n) is 3.42. The Bertz CT molecular complexity index is 483. The van der Waals surface area contributed by atoms with Gasteiger partial charge in [-0.05, 0) is 24.5 Å². The molecule has 0 spiro atoms. The summed E-state index contributed by atoms with van der Waals surface area (Å²) in [5.41, 5.74) is 0. The van der Waals surface area contributed by atoms with Crippen molar-refractivity contribution in [2.75, 3.05) is 11.5 Å². The summed E-state index contributed by atoms with van der Waals surface area (Å²) in [5.74, 6) is 1.33. The molecule has 0 saturated carbocycles. The van der Waals surface area contributed by atoms with E-state index in [1.807, 2.05) is 20.8 Å². The van der Waals surface area contributed by atoms with Crippen LogP contribution in [0.2, 0.25) is 0 Å². The maximum absolute atomic E-state index is 12.1. The van der Waals surface area contributed by atoms with Crippen molar-refractivity contribution in [3.63, 3.8) is 0 Å². The molecule has 0 aromatic rings. The van der Waals surface area contributed by atoms with Crippen LogP contribution in [-0.2, 0) is 19.2 Å². The highest BCUT2D eigenvalue weighted by Gasteiger charge is 2.33. The molecule has 2 N–H and O–H groups in total. The van der Waals surface area contributed by atoms with Crippen molar-refractivity contribution in [2.45, 2.75) is 58.5 Å². The molecule has 1 rings (SSSR count). The van der Waals surface area contributed by atoms with E-state index in [2.05, 4.69) is 10.6 Å². The van der Waals surface area contributed by atoms with Crippen molar-refractivity contribution in [2.24, 2.45) is 5.92 Å². The van der Waals surface area contributed by atoms with Crippen molar-refractivity contribution in [1.29, 1.82) is 0 Å². The van der Waals surface area contributed by atoms with Crippen LogP contribution in [0.3, 0.4) is 0 Å². The molecule has 2 amide bonds. The van der Waals surface area contributed by atoms with Gasteiger partial charge in [-0.25, -0.2) is 0 Å². The minimum absolute atomic E-state index is 0.0226. The molecule has 0 aromatic carbocycles. The lowest BCUT2D eigenvalue weighted by Gasteiger charge is -2.29. The van der Waals surface area contributed by atoms with Crippen molar-refractivity contribution in [1.82, 2.24) is 10.6 Å². The van der Waals surface area contributed by atoms with Crippen LogP contribution in [0.15, 0.2) is 0 Å². The van der Waals surface area contributed by atoms with Crippen LogP contribution in [0, 0.1) is 5.92 Å². The fourth-order valence-corrected chi connectivity index (χ4v) is 3.54. The zero-order valence-electron chi connectivity index (χ0n) is 14.4. The predicted molar refractivity (Wildman–Crippen MR) is 97.8 cm³/mol. The molecule has 2 unspecified atom stereocenters. The van der Waals surface area contributed by atoms with Crippen LogP contribution in [0.5, 0.6) is 0 Å². The molecule has 2 atom stereocenters. The Morgan fingerprint density at radius 1 is 0.958 bits per heavy atom. The molecule has 136 valence electrons. The summed E-state index contributed by atoms with van der Waals surface area (Å²) in [6.07, 6.45) is 1.12. The first-order valence-electron chi connectivity index (χ1n) is 8.25. The summed E-state index contributed by atoms with van der Waals surface area (Å²) >= 11 is 2.49. The summed E-state index contributed by atoms with van der Waals surface area (Å²) in [6.45, 7) is 5.97. The predicted octanol–water partition coefficient (Wildman–Crippen LogP) is 1.73. The number of hydrogen-bond donors (Lipinski definition) is 2. The monoisotopic (exact) mass is 374 g/mol. The molecule has 6 nitrogen and oxygen atoms in total. The lowest BCUT2D eigenvalue weighted by molar-refractivity contribution is -0.137. The Morgan fingerprint density at radius 2 is 1.42 bits per heavy atom. The fraction of sp³-hybridized carbons (Fsp3) is 0.750. The van der Waals surface area contributed by atoms with Gasteiger partial charge >= 0.3 is 0 Å². The first kappa shape index (κ1) is 21.0. The average molecular weight is 375 g/mol. The van der Waals surface area contributed by atoms with Crippen LogP contribution in [0.1, 0.15) is 46.5 Å². The van der Waals surface area contributed by atoms with Gasteiger partial charge in [0.2, 0.25) is 11.8 Å². The highest BCUT2D eigenvalue weighted by atomic mass is 32.2. The smallest absolute Gasteiger partial charge is 0.243 e. The van der Waals surface area contributed by atoms with Crippen LogP contribution in [0.25, 0.3) is 0 Å². The van der Waals surface area contributed by atoms with Gasteiger partial charge in [-0.1, -0.05) is 44.3 Å². The Morgan fingerprint density at radius 3 is 1.83 bits per heavy atom. The lowest BCUT2D eigenvalue weighted by Crippen LogP contribution is -2.61. The zero-order valence-corrected chi connectivity index (χ0v) is 16.1. The number of piperazine rings is 1. The van der Waals surface area contributed by atoms with Gasteiger partial charge in [-0.15, -0.1) is 0 Å². The van der Waals surface area contributed by atoms with Gasteiger partial charge in [0.15, 0.2) is 10.2 Å². The van der Waals surface area contributed by atoms with Crippen molar-refractivity contribution in [3.05, 3.63) is 0 Å². The molecule has 1 aliphatic rings. The maximum atomic E-state index is 12.1. The number of thioether (sulfide) groups is 2.